The maximum absolute atomic E-state index is 11.9. The smallest absolute Gasteiger partial charge is 0.254 e. The fraction of sp³-hybridized carbons (Fsp3) is 0.529. The molecule has 5 nitrogen and oxygen atoms in total. The van der Waals surface area contributed by atoms with Crippen LogP contribution in [0, 0.1) is 0 Å². The Hall–Kier alpha value is -1.53. The first-order valence-electron chi connectivity index (χ1n) is 8.18. The second kappa shape index (κ2) is 8.36. The molecule has 0 aromatic heterocycles. The average Bonchev–Trinajstić information content (AvgIpc) is 2.52. The number of hydrazone groups is 1. The lowest BCUT2D eigenvalue weighted by atomic mass is 10.1. The Kier molecular flexibility index (Phi) is 5.93. The average molecular weight is 333 g/mol. The van der Waals surface area contributed by atoms with Gasteiger partial charge in [0, 0.05) is 11.5 Å². The molecule has 1 aromatic carbocycles. The van der Waals surface area contributed by atoms with E-state index in [9.17, 15) is 4.79 Å². The molecule has 0 atom stereocenters. The van der Waals surface area contributed by atoms with Gasteiger partial charge in [0.1, 0.15) is 11.9 Å². The number of ether oxygens (including phenoxy) is 1. The van der Waals surface area contributed by atoms with Crippen LogP contribution in [0.2, 0.25) is 0 Å². The summed E-state index contributed by atoms with van der Waals surface area (Å²) in [6.07, 6.45) is 5.63. The van der Waals surface area contributed by atoms with Gasteiger partial charge in [-0.25, -0.2) is 5.43 Å². The number of carbonyl (C=O) groups excluding carboxylic acids is 1. The topological polar surface area (TPSA) is 53.9 Å². The lowest BCUT2D eigenvalue weighted by Gasteiger charge is -2.25. The molecule has 1 amide bonds. The third kappa shape index (κ3) is 5.25. The van der Waals surface area contributed by atoms with E-state index in [1.54, 1.807) is 6.21 Å². The monoisotopic (exact) mass is 333 g/mol. The molecule has 0 saturated carbocycles. The van der Waals surface area contributed by atoms with Crippen LogP contribution >= 0.6 is 11.8 Å². The minimum absolute atomic E-state index is 0.0537. The Balaban J connectivity index is 1.45. The number of amides is 1. The minimum Gasteiger partial charge on any atom is -0.489 e. The first-order valence-corrected chi connectivity index (χ1v) is 9.34. The number of piperidine rings is 1. The van der Waals surface area contributed by atoms with Gasteiger partial charge in [0.05, 0.1) is 12.8 Å². The molecule has 1 N–H and O–H groups in total. The highest BCUT2D eigenvalue weighted by atomic mass is 32.2. The summed E-state index contributed by atoms with van der Waals surface area (Å²) in [5.74, 6) is 2.93. The van der Waals surface area contributed by atoms with Crippen LogP contribution in [0.5, 0.6) is 5.75 Å². The van der Waals surface area contributed by atoms with Crippen molar-refractivity contribution in [3.63, 3.8) is 0 Å². The van der Waals surface area contributed by atoms with Gasteiger partial charge in [0.25, 0.3) is 5.91 Å². The largest absolute Gasteiger partial charge is 0.489 e. The Morgan fingerprint density at radius 3 is 2.91 bits per heavy atom. The van der Waals surface area contributed by atoms with Gasteiger partial charge in [-0.2, -0.15) is 16.9 Å². The molecule has 0 bridgehead atoms. The molecule has 0 unspecified atom stereocenters. The summed E-state index contributed by atoms with van der Waals surface area (Å²) in [6, 6.07) is 7.79. The SMILES string of the molecule is O=C(CN1CCCCC1)N/N=C\c1cccc(OC2CSC2)c1. The Morgan fingerprint density at radius 1 is 1.35 bits per heavy atom. The highest BCUT2D eigenvalue weighted by Gasteiger charge is 2.19. The van der Waals surface area contributed by atoms with Crippen molar-refractivity contribution in [2.75, 3.05) is 31.1 Å². The highest BCUT2D eigenvalue weighted by Crippen LogP contribution is 2.24. The number of nitrogens with zero attached hydrogens (tertiary/aromatic N) is 2. The Labute approximate surface area is 141 Å². The molecule has 0 aliphatic carbocycles. The summed E-state index contributed by atoms with van der Waals surface area (Å²) in [7, 11) is 0. The Morgan fingerprint density at radius 2 is 2.17 bits per heavy atom. The molecule has 124 valence electrons. The van der Waals surface area contributed by atoms with Crippen molar-refractivity contribution in [3.05, 3.63) is 29.8 Å². The van der Waals surface area contributed by atoms with Crippen LogP contribution in [-0.4, -0.2) is 54.3 Å². The fourth-order valence-electron chi connectivity index (χ4n) is 2.68. The molecule has 2 heterocycles. The third-order valence-electron chi connectivity index (χ3n) is 3.99. The van der Waals surface area contributed by atoms with Gasteiger partial charge in [-0.3, -0.25) is 9.69 Å². The van der Waals surface area contributed by atoms with Gasteiger partial charge in [-0.15, -0.1) is 0 Å². The van der Waals surface area contributed by atoms with Crippen molar-refractivity contribution in [2.45, 2.75) is 25.4 Å². The summed E-state index contributed by atoms with van der Waals surface area (Å²) in [5, 5.41) is 4.05. The number of benzene rings is 1. The van der Waals surface area contributed by atoms with E-state index < -0.39 is 0 Å². The van der Waals surface area contributed by atoms with Gasteiger partial charge in [-0.1, -0.05) is 18.6 Å². The van der Waals surface area contributed by atoms with Crippen LogP contribution < -0.4 is 10.2 Å². The standard InChI is InChI=1S/C17H23N3O2S/c21-17(11-20-7-2-1-3-8-20)19-18-10-14-5-4-6-15(9-14)22-16-12-23-13-16/h4-6,9-10,16H,1-3,7-8,11-13H2,(H,19,21)/b18-10-. The number of likely N-dealkylation sites (tertiary alicyclic amines) is 1. The molecule has 2 aliphatic rings. The van der Waals surface area contributed by atoms with Crippen molar-refractivity contribution < 1.29 is 9.53 Å². The summed E-state index contributed by atoms with van der Waals surface area (Å²) >= 11 is 1.90. The predicted molar refractivity (Wildman–Crippen MR) is 94.2 cm³/mol. The Bertz CT molecular complexity index is 555. The molecule has 6 heteroatoms. The number of thioether (sulfide) groups is 1. The van der Waals surface area contributed by atoms with Crippen molar-refractivity contribution >= 4 is 23.9 Å². The summed E-state index contributed by atoms with van der Waals surface area (Å²) in [6.45, 7) is 2.45. The van der Waals surface area contributed by atoms with E-state index >= 15 is 0 Å². The quantitative estimate of drug-likeness (QED) is 0.640. The molecule has 2 fully saturated rings. The summed E-state index contributed by atoms with van der Waals surface area (Å²) in [5.41, 5.74) is 3.53. The van der Waals surface area contributed by atoms with E-state index in [1.807, 2.05) is 36.0 Å². The van der Waals surface area contributed by atoms with Crippen molar-refractivity contribution in [1.82, 2.24) is 10.3 Å². The maximum Gasteiger partial charge on any atom is 0.254 e. The predicted octanol–water partition coefficient (Wildman–Crippen LogP) is 2.12. The molecule has 0 radical (unpaired) electrons. The first kappa shape index (κ1) is 16.3. The zero-order chi connectivity index (χ0) is 15.9. The van der Waals surface area contributed by atoms with E-state index in [4.69, 9.17) is 4.74 Å². The van der Waals surface area contributed by atoms with Crippen LogP contribution in [0.4, 0.5) is 0 Å². The second-order valence-electron chi connectivity index (χ2n) is 5.98. The lowest BCUT2D eigenvalue weighted by molar-refractivity contribution is -0.122. The molecule has 0 spiro atoms. The van der Waals surface area contributed by atoms with Crippen molar-refractivity contribution in [3.8, 4) is 5.75 Å². The number of hydrogen-bond donors (Lipinski definition) is 1. The van der Waals surface area contributed by atoms with Crippen LogP contribution in [0.1, 0.15) is 24.8 Å². The van der Waals surface area contributed by atoms with E-state index in [2.05, 4.69) is 15.4 Å². The fourth-order valence-corrected chi connectivity index (χ4v) is 3.24. The maximum atomic E-state index is 11.9. The van der Waals surface area contributed by atoms with E-state index in [0.717, 1.165) is 35.9 Å². The normalized spacial score (nSPS) is 19.5. The number of rotatable bonds is 6. The van der Waals surface area contributed by atoms with Gasteiger partial charge in [0.2, 0.25) is 0 Å². The summed E-state index contributed by atoms with van der Waals surface area (Å²) in [4.78, 5) is 14.0. The van der Waals surface area contributed by atoms with E-state index in [-0.39, 0.29) is 5.91 Å². The highest BCUT2D eigenvalue weighted by molar-refractivity contribution is 8.00. The van der Waals surface area contributed by atoms with Crippen LogP contribution in [-0.2, 0) is 4.79 Å². The van der Waals surface area contributed by atoms with Gasteiger partial charge >= 0.3 is 0 Å². The second-order valence-corrected chi connectivity index (χ2v) is 7.05. The zero-order valence-electron chi connectivity index (χ0n) is 13.2. The number of hydrogen-bond acceptors (Lipinski definition) is 5. The minimum atomic E-state index is -0.0537. The first-order chi connectivity index (χ1) is 11.3. The third-order valence-corrected chi connectivity index (χ3v) is 5.20. The lowest BCUT2D eigenvalue weighted by Crippen LogP contribution is -2.38. The molecule has 3 rings (SSSR count). The molecular weight excluding hydrogens is 310 g/mol. The molecule has 2 aliphatic heterocycles. The number of carbonyl (C=O) groups is 1. The molecular formula is C17H23N3O2S. The van der Waals surface area contributed by atoms with E-state index in [0.29, 0.717) is 12.6 Å². The van der Waals surface area contributed by atoms with Crippen molar-refractivity contribution in [1.29, 1.82) is 0 Å². The van der Waals surface area contributed by atoms with Crippen LogP contribution in [0.25, 0.3) is 0 Å². The summed E-state index contributed by atoms with van der Waals surface area (Å²) < 4.78 is 5.84. The van der Waals surface area contributed by atoms with Gasteiger partial charge in [-0.05, 0) is 43.6 Å². The van der Waals surface area contributed by atoms with Gasteiger partial charge < -0.3 is 4.74 Å². The van der Waals surface area contributed by atoms with Crippen LogP contribution in [0.15, 0.2) is 29.4 Å². The van der Waals surface area contributed by atoms with Crippen LogP contribution in [0.3, 0.4) is 0 Å². The molecule has 1 aromatic rings. The zero-order valence-corrected chi connectivity index (χ0v) is 14.1. The van der Waals surface area contributed by atoms with E-state index in [1.165, 1.54) is 19.3 Å². The van der Waals surface area contributed by atoms with Crippen molar-refractivity contribution in [2.24, 2.45) is 5.10 Å². The molecule has 23 heavy (non-hydrogen) atoms. The molecule has 2 saturated heterocycles. The van der Waals surface area contributed by atoms with Gasteiger partial charge in [0.15, 0.2) is 0 Å². The number of nitrogens with one attached hydrogen (secondary N) is 1.